The molecule has 0 spiro atoms. The fourth-order valence-corrected chi connectivity index (χ4v) is 4.78. The number of piperazine rings is 1. The molecule has 1 saturated heterocycles. The Bertz CT molecular complexity index is 1320. The summed E-state index contributed by atoms with van der Waals surface area (Å²) in [5.74, 6) is 0.439. The van der Waals surface area contributed by atoms with E-state index in [9.17, 15) is 9.59 Å². The Morgan fingerprint density at radius 2 is 1.66 bits per heavy atom. The molecule has 3 aromatic carbocycles. The summed E-state index contributed by atoms with van der Waals surface area (Å²) < 4.78 is 5.61. The number of nitrogens with zero attached hydrogens (tertiary/aromatic N) is 2. The Balaban J connectivity index is 1.30. The summed E-state index contributed by atoms with van der Waals surface area (Å²) >= 11 is 11.9. The van der Waals surface area contributed by atoms with Crippen molar-refractivity contribution < 1.29 is 14.3 Å². The van der Waals surface area contributed by atoms with Crippen LogP contribution in [0.5, 0.6) is 5.75 Å². The van der Waals surface area contributed by atoms with Gasteiger partial charge in [-0.2, -0.15) is 0 Å². The summed E-state index contributed by atoms with van der Waals surface area (Å²) in [6.07, 6.45) is 0.0578. The minimum absolute atomic E-state index is 0.0578. The zero-order valence-corrected chi connectivity index (χ0v) is 23.2. The number of nitrogens with one attached hydrogen (secondary N) is 2. The van der Waals surface area contributed by atoms with Crippen LogP contribution in [0.25, 0.3) is 0 Å². The van der Waals surface area contributed by atoms with Crippen molar-refractivity contribution in [2.75, 3.05) is 36.4 Å². The van der Waals surface area contributed by atoms with Gasteiger partial charge < -0.3 is 19.9 Å². The van der Waals surface area contributed by atoms with Gasteiger partial charge in [-0.1, -0.05) is 29.8 Å². The molecule has 0 atom stereocenters. The lowest BCUT2D eigenvalue weighted by Crippen LogP contribution is -2.49. The number of ether oxygens (including phenoxy) is 1. The summed E-state index contributed by atoms with van der Waals surface area (Å²) in [5.41, 5.74) is 3.75. The number of anilines is 2. The Labute approximate surface area is 233 Å². The van der Waals surface area contributed by atoms with E-state index in [2.05, 4.69) is 15.5 Å². The highest BCUT2D eigenvalue weighted by atomic mass is 35.5. The van der Waals surface area contributed by atoms with E-state index in [1.54, 1.807) is 30.3 Å². The maximum Gasteiger partial charge on any atom is 0.257 e. The fraction of sp³-hybridized carbons (Fsp3) is 0.276. The Hall–Kier alpha value is -3.62. The smallest absolute Gasteiger partial charge is 0.257 e. The molecule has 1 heterocycles. The minimum atomic E-state index is -0.320. The highest BCUT2D eigenvalue weighted by Crippen LogP contribution is 2.30. The molecule has 4 rings (SSSR count). The lowest BCUT2D eigenvalue weighted by molar-refractivity contribution is 0.0746. The van der Waals surface area contributed by atoms with Crippen LogP contribution in [0.1, 0.15) is 40.1 Å². The number of aryl methyl sites for hydroxylation is 1. The van der Waals surface area contributed by atoms with E-state index in [1.807, 2.05) is 62.1 Å². The number of rotatable bonds is 6. The third kappa shape index (κ3) is 6.82. The van der Waals surface area contributed by atoms with E-state index in [0.717, 1.165) is 16.8 Å². The van der Waals surface area contributed by atoms with E-state index in [-0.39, 0.29) is 23.0 Å². The van der Waals surface area contributed by atoms with Gasteiger partial charge in [0.05, 0.1) is 16.8 Å². The van der Waals surface area contributed by atoms with Crippen molar-refractivity contribution in [3.05, 3.63) is 88.4 Å². The Kier molecular flexibility index (Phi) is 8.86. The third-order valence-electron chi connectivity index (χ3n) is 6.20. The van der Waals surface area contributed by atoms with Gasteiger partial charge in [-0.15, -0.1) is 0 Å². The molecule has 0 aliphatic carbocycles. The molecule has 0 radical (unpaired) electrons. The lowest BCUT2D eigenvalue weighted by atomic mass is 10.1. The first-order chi connectivity index (χ1) is 18.2. The van der Waals surface area contributed by atoms with Crippen molar-refractivity contribution >= 4 is 52.1 Å². The van der Waals surface area contributed by atoms with Crippen molar-refractivity contribution in [2.45, 2.75) is 26.9 Å². The maximum absolute atomic E-state index is 12.9. The first-order valence-corrected chi connectivity index (χ1v) is 13.3. The van der Waals surface area contributed by atoms with Crippen LogP contribution in [0.4, 0.5) is 11.4 Å². The molecular formula is C29H31ClN4O3S. The first kappa shape index (κ1) is 27.4. The quantitative estimate of drug-likeness (QED) is 0.393. The Morgan fingerprint density at radius 1 is 0.974 bits per heavy atom. The van der Waals surface area contributed by atoms with Crippen LogP contribution < -0.4 is 20.3 Å². The molecule has 0 aromatic heterocycles. The molecule has 0 saturated carbocycles. The highest BCUT2D eigenvalue weighted by Gasteiger charge is 2.24. The van der Waals surface area contributed by atoms with E-state index >= 15 is 0 Å². The summed E-state index contributed by atoms with van der Waals surface area (Å²) in [7, 11) is 0. The topological polar surface area (TPSA) is 73.9 Å². The van der Waals surface area contributed by atoms with Gasteiger partial charge in [0.2, 0.25) is 0 Å². The van der Waals surface area contributed by atoms with Gasteiger partial charge in [-0.3, -0.25) is 14.9 Å². The molecule has 2 N–H and O–H groups in total. The van der Waals surface area contributed by atoms with Crippen molar-refractivity contribution in [3.8, 4) is 5.75 Å². The van der Waals surface area contributed by atoms with Crippen LogP contribution in [0.2, 0.25) is 5.02 Å². The monoisotopic (exact) mass is 550 g/mol. The van der Waals surface area contributed by atoms with E-state index < -0.39 is 0 Å². The second kappa shape index (κ2) is 12.3. The molecule has 1 fully saturated rings. The summed E-state index contributed by atoms with van der Waals surface area (Å²) in [5, 5.41) is 6.43. The molecule has 9 heteroatoms. The molecule has 1 aliphatic rings. The van der Waals surface area contributed by atoms with E-state index in [1.165, 1.54) is 0 Å². The fourth-order valence-electron chi connectivity index (χ4n) is 4.27. The zero-order chi connectivity index (χ0) is 27.2. The van der Waals surface area contributed by atoms with Gasteiger partial charge >= 0.3 is 0 Å². The maximum atomic E-state index is 12.9. The molecule has 7 nitrogen and oxygen atoms in total. The summed E-state index contributed by atoms with van der Waals surface area (Å²) in [6, 6.07) is 20.1. The average Bonchev–Trinajstić information content (AvgIpc) is 2.89. The SMILES string of the molecule is Cc1ccccc1C(=O)N1CCN(c2ccc(NC(=S)NC(=O)c3ccc(OC(C)C)cc3)cc2Cl)CC1. The lowest BCUT2D eigenvalue weighted by Gasteiger charge is -2.36. The predicted octanol–water partition coefficient (Wildman–Crippen LogP) is 5.52. The molecule has 198 valence electrons. The third-order valence-corrected chi connectivity index (χ3v) is 6.71. The minimum Gasteiger partial charge on any atom is -0.491 e. The van der Waals surface area contributed by atoms with Crippen molar-refractivity contribution in [1.82, 2.24) is 10.2 Å². The van der Waals surface area contributed by atoms with Gasteiger partial charge in [0, 0.05) is 43.0 Å². The van der Waals surface area contributed by atoms with Crippen LogP contribution in [0, 0.1) is 6.92 Å². The standard InChI is InChI=1S/C29H31ClN4O3S/c1-19(2)37-23-11-8-21(9-12-23)27(35)32-29(38)31-22-10-13-26(25(30)18-22)33-14-16-34(17-15-33)28(36)24-7-5-4-6-20(24)3/h4-13,18-19H,14-17H2,1-3H3,(H2,31,32,35,38). The Morgan fingerprint density at radius 3 is 2.29 bits per heavy atom. The zero-order valence-electron chi connectivity index (χ0n) is 21.7. The number of amides is 2. The number of hydrogen-bond acceptors (Lipinski definition) is 5. The largest absolute Gasteiger partial charge is 0.491 e. The van der Waals surface area contributed by atoms with Crippen LogP contribution in [-0.2, 0) is 0 Å². The van der Waals surface area contributed by atoms with Gasteiger partial charge in [-0.05, 0) is 87.1 Å². The number of carbonyl (C=O) groups is 2. The predicted molar refractivity (Wildman–Crippen MR) is 157 cm³/mol. The number of thiocarbonyl (C=S) groups is 1. The van der Waals surface area contributed by atoms with E-state index in [4.69, 9.17) is 28.6 Å². The van der Waals surface area contributed by atoms with Crippen LogP contribution >= 0.6 is 23.8 Å². The van der Waals surface area contributed by atoms with Crippen LogP contribution in [-0.4, -0.2) is 54.1 Å². The summed E-state index contributed by atoms with van der Waals surface area (Å²) in [6.45, 7) is 8.43. The second-order valence-corrected chi connectivity index (χ2v) is 10.2. The molecule has 38 heavy (non-hydrogen) atoms. The van der Waals surface area contributed by atoms with Crippen molar-refractivity contribution in [2.24, 2.45) is 0 Å². The van der Waals surface area contributed by atoms with Gasteiger partial charge in [0.15, 0.2) is 5.11 Å². The van der Waals surface area contributed by atoms with Crippen molar-refractivity contribution in [1.29, 1.82) is 0 Å². The van der Waals surface area contributed by atoms with E-state index in [0.29, 0.717) is 48.2 Å². The van der Waals surface area contributed by atoms with Gasteiger partial charge in [0.1, 0.15) is 5.75 Å². The second-order valence-electron chi connectivity index (χ2n) is 9.36. The normalized spacial score (nSPS) is 13.3. The highest BCUT2D eigenvalue weighted by molar-refractivity contribution is 7.80. The average molecular weight is 551 g/mol. The molecule has 0 unspecified atom stereocenters. The van der Waals surface area contributed by atoms with Gasteiger partial charge in [-0.25, -0.2) is 0 Å². The molecule has 3 aromatic rings. The summed E-state index contributed by atoms with van der Waals surface area (Å²) in [4.78, 5) is 29.5. The van der Waals surface area contributed by atoms with Crippen molar-refractivity contribution in [3.63, 3.8) is 0 Å². The number of hydrogen-bond donors (Lipinski definition) is 2. The molecule has 1 aliphatic heterocycles. The first-order valence-electron chi connectivity index (χ1n) is 12.5. The van der Waals surface area contributed by atoms with Crippen LogP contribution in [0.3, 0.4) is 0 Å². The number of benzene rings is 3. The molecular weight excluding hydrogens is 520 g/mol. The van der Waals surface area contributed by atoms with Crippen LogP contribution in [0.15, 0.2) is 66.7 Å². The van der Waals surface area contributed by atoms with Gasteiger partial charge in [0.25, 0.3) is 11.8 Å². The number of halogens is 1. The molecule has 0 bridgehead atoms. The molecule has 2 amide bonds. The number of carbonyl (C=O) groups excluding carboxylic acids is 2.